The van der Waals surface area contributed by atoms with Gasteiger partial charge in [-0.25, -0.2) is 9.59 Å². The fourth-order valence-electron chi connectivity index (χ4n) is 4.74. The van der Waals surface area contributed by atoms with Gasteiger partial charge in [-0.3, -0.25) is 14.0 Å². The lowest BCUT2D eigenvalue weighted by atomic mass is 9.81. The minimum atomic E-state index is -4.93. The second-order valence-electron chi connectivity index (χ2n) is 9.41. The van der Waals surface area contributed by atoms with Gasteiger partial charge in [0.2, 0.25) is 0 Å². The molecule has 0 saturated carbocycles. The zero-order valence-corrected chi connectivity index (χ0v) is 25.2. The molecule has 1 aliphatic rings. The molecule has 4 N–H and O–H groups in total. The SMILES string of the molecule is COC(=O)C1=C(C(=O)OC)N(c2ccc(C=Cc3ccc(S(=O)(=O)O)cc3)c(S(=O)(=O)O)c2)C(N)=C(C#N)C1c1ccccc1. The highest BCUT2D eigenvalue weighted by molar-refractivity contribution is 7.86. The van der Waals surface area contributed by atoms with Crippen LogP contribution in [0.4, 0.5) is 5.69 Å². The quantitative estimate of drug-likeness (QED) is 0.181. The Balaban J connectivity index is 1.94. The summed E-state index contributed by atoms with van der Waals surface area (Å²) in [7, 11) is -7.22. The van der Waals surface area contributed by atoms with E-state index in [0.29, 0.717) is 11.1 Å². The monoisotopic (exact) mass is 651 g/mol. The predicted octanol–water partition coefficient (Wildman–Crippen LogP) is 3.25. The van der Waals surface area contributed by atoms with E-state index in [1.807, 2.05) is 6.07 Å². The Morgan fingerprint density at radius 1 is 0.889 bits per heavy atom. The molecular weight excluding hydrogens is 626 g/mol. The summed E-state index contributed by atoms with van der Waals surface area (Å²) in [4.78, 5) is 26.5. The van der Waals surface area contributed by atoms with Crippen LogP contribution in [0.5, 0.6) is 0 Å². The van der Waals surface area contributed by atoms with Gasteiger partial charge in [0, 0.05) is 5.69 Å². The molecule has 45 heavy (non-hydrogen) atoms. The first-order chi connectivity index (χ1) is 21.2. The summed E-state index contributed by atoms with van der Waals surface area (Å²) in [5, 5.41) is 10.2. The third kappa shape index (κ3) is 6.64. The number of nitrogens with two attached hydrogens (primary N) is 1. The van der Waals surface area contributed by atoms with Gasteiger partial charge in [0.05, 0.1) is 42.2 Å². The second kappa shape index (κ2) is 12.8. The molecule has 3 aromatic carbocycles. The van der Waals surface area contributed by atoms with Crippen LogP contribution in [0.15, 0.2) is 105 Å². The summed E-state index contributed by atoms with van der Waals surface area (Å²) in [6.07, 6.45) is 2.73. The van der Waals surface area contributed by atoms with E-state index in [-0.39, 0.29) is 33.1 Å². The van der Waals surface area contributed by atoms with Gasteiger partial charge < -0.3 is 15.2 Å². The Kier molecular flexibility index (Phi) is 9.26. The lowest BCUT2D eigenvalue weighted by Gasteiger charge is -2.36. The average molecular weight is 652 g/mol. The number of ether oxygens (including phenoxy) is 2. The number of benzene rings is 3. The van der Waals surface area contributed by atoms with Crippen LogP contribution in [0.1, 0.15) is 22.6 Å². The smallest absolute Gasteiger partial charge is 0.355 e. The number of hydrogen-bond acceptors (Lipinski definition) is 11. The van der Waals surface area contributed by atoms with E-state index in [1.54, 1.807) is 30.3 Å². The summed E-state index contributed by atoms with van der Waals surface area (Å²) in [5.41, 5.74) is 6.25. The van der Waals surface area contributed by atoms with Crippen molar-refractivity contribution in [2.24, 2.45) is 5.73 Å². The molecule has 0 aliphatic carbocycles. The van der Waals surface area contributed by atoms with Crippen LogP contribution in [0.25, 0.3) is 12.2 Å². The molecule has 0 saturated heterocycles. The summed E-state index contributed by atoms with van der Waals surface area (Å²) >= 11 is 0. The van der Waals surface area contributed by atoms with Crippen molar-refractivity contribution in [2.45, 2.75) is 15.7 Å². The van der Waals surface area contributed by atoms with E-state index in [0.717, 1.165) is 37.3 Å². The number of anilines is 1. The zero-order valence-electron chi connectivity index (χ0n) is 23.6. The Morgan fingerprint density at radius 2 is 1.51 bits per heavy atom. The van der Waals surface area contributed by atoms with Crippen molar-refractivity contribution in [3.63, 3.8) is 0 Å². The average Bonchev–Trinajstić information content (AvgIpc) is 3.02. The van der Waals surface area contributed by atoms with Gasteiger partial charge in [0.15, 0.2) is 0 Å². The molecule has 13 nitrogen and oxygen atoms in total. The zero-order chi connectivity index (χ0) is 33.1. The van der Waals surface area contributed by atoms with Crippen molar-refractivity contribution in [1.82, 2.24) is 0 Å². The van der Waals surface area contributed by atoms with Crippen LogP contribution in [0.2, 0.25) is 0 Å². The number of hydrogen-bond donors (Lipinski definition) is 3. The summed E-state index contributed by atoms with van der Waals surface area (Å²) in [6, 6.07) is 18.8. The molecule has 0 amide bonds. The number of carbonyl (C=O) groups excluding carboxylic acids is 2. The Morgan fingerprint density at radius 3 is 2.04 bits per heavy atom. The van der Waals surface area contributed by atoms with Crippen molar-refractivity contribution >= 4 is 50.0 Å². The van der Waals surface area contributed by atoms with Crippen LogP contribution in [-0.4, -0.2) is 52.1 Å². The molecule has 1 heterocycles. The largest absolute Gasteiger partial charge is 0.466 e. The second-order valence-corrected chi connectivity index (χ2v) is 12.2. The van der Waals surface area contributed by atoms with Gasteiger partial charge in [0.25, 0.3) is 20.2 Å². The molecule has 0 fully saturated rings. The van der Waals surface area contributed by atoms with Gasteiger partial charge in [-0.15, -0.1) is 0 Å². The van der Waals surface area contributed by atoms with Gasteiger partial charge >= 0.3 is 11.9 Å². The number of allylic oxidation sites excluding steroid dienone is 1. The number of esters is 2. The highest BCUT2D eigenvalue weighted by atomic mass is 32.2. The van der Waals surface area contributed by atoms with Crippen molar-refractivity contribution < 1.29 is 45.0 Å². The number of nitriles is 1. The predicted molar refractivity (Wildman–Crippen MR) is 161 cm³/mol. The first-order valence-electron chi connectivity index (χ1n) is 12.8. The van der Waals surface area contributed by atoms with Crippen molar-refractivity contribution in [1.29, 1.82) is 5.26 Å². The summed E-state index contributed by atoms with van der Waals surface area (Å²) < 4.78 is 76.9. The molecule has 0 spiro atoms. The molecule has 3 aromatic rings. The van der Waals surface area contributed by atoms with Crippen LogP contribution in [0, 0.1) is 11.3 Å². The first kappa shape index (κ1) is 32.6. The van der Waals surface area contributed by atoms with Crippen LogP contribution < -0.4 is 10.6 Å². The third-order valence-electron chi connectivity index (χ3n) is 6.78. The molecule has 0 radical (unpaired) electrons. The van der Waals surface area contributed by atoms with E-state index < -0.39 is 48.7 Å². The number of nitrogens with zero attached hydrogens (tertiary/aromatic N) is 2. The van der Waals surface area contributed by atoms with E-state index in [1.165, 1.54) is 36.4 Å². The van der Waals surface area contributed by atoms with Gasteiger partial charge in [-0.2, -0.15) is 22.1 Å². The van der Waals surface area contributed by atoms with E-state index in [2.05, 4.69) is 0 Å². The molecule has 4 rings (SSSR count). The molecule has 1 unspecified atom stereocenters. The molecule has 1 aliphatic heterocycles. The van der Waals surface area contributed by atoms with Crippen molar-refractivity contribution in [2.75, 3.05) is 19.1 Å². The van der Waals surface area contributed by atoms with E-state index in [4.69, 9.17) is 19.8 Å². The topological polar surface area (TPSA) is 214 Å². The fraction of sp³-hybridized carbons (Fsp3) is 0.100. The maximum Gasteiger partial charge on any atom is 0.355 e. The summed E-state index contributed by atoms with van der Waals surface area (Å²) in [5.74, 6) is -3.50. The standard InChI is InChI=1S/C30H25N3O10S2/c1-42-29(34)26-25(20-6-4-3-5-7-20)23(17-31)28(32)33(27(26)30(35)43-2)21-13-12-19(24(16-21)45(39,40)41)11-8-18-9-14-22(15-10-18)44(36,37)38/h3-16,25H,32H2,1-2H3,(H,36,37,38)(H,39,40,41). The molecule has 232 valence electrons. The maximum atomic E-state index is 13.3. The highest BCUT2D eigenvalue weighted by Crippen LogP contribution is 2.43. The molecular formula is C30H25N3O10S2. The lowest BCUT2D eigenvalue weighted by molar-refractivity contribution is -0.139. The van der Waals surface area contributed by atoms with Crippen LogP contribution in [0.3, 0.4) is 0 Å². The maximum absolute atomic E-state index is 13.3. The number of rotatable bonds is 8. The lowest BCUT2D eigenvalue weighted by Crippen LogP contribution is -2.40. The molecule has 0 aromatic heterocycles. The van der Waals surface area contributed by atoms with Gasteiger partial charge in [0.1, 0.15) is 16.4 Å². The normalized spacial score (nSPS) is 15.6. The molecule has 0 bridgehead atoms. The van der Waals surface area contributed by atoms with Crippen molar-refractivity contribution in [3.8, 4) is 6.07 Å². The van der Waals surface area contributed by atoms with Gasteiger partial charge in [-0.05, 0) is 41.0 Å². The highest BCUT2D eigenvalue weighted by Gasteiger charge is 2.43. The third-order valence-corrected chi connectivity index (χ3v) is 8.55. The Labute approximate surface area is 258 Å². The van der Waals surface area contributed by atoms with Crippen molar-refractivity contribution in [3.05, 3.63) is 112 Å². The van der Waals surface area contributed by atoms with Crippen LogP contribution in [-0.2, 0) is 39.3 Å². The number of carbonyl (C=O) groups is 2. The number of methoxy groups -OCH3 is 2. The molecule has 1 atom stereocenters. The minimum Gasteiger partial charge on any atom is -0.466 e. The van der Waals surface area contributed by atoms with E-state index >= 15 is 0 Å². The fourth-order valence-corrected chi connectivity index (χ4v) is 5.93. The minimum absolute atomic E-state index is 0.0286. The van der Waals surface area contributed by atoms with E-state index in [9.17, 15) is 36.2 Å². The first-order valence-corrected chi connectivity index (χ1v) is 15.6. The summed E-state index contributed by atoms with van der Waals surface area (Å²) in [6.45, 7) is 0. The van der Waals surface area contributed by atoms with Gasteiger partial charge in [-0.1, -0.05) is 60.7 Å². The molecule has 15 heteroatoms. The van der Waals surface area contributed by atoms with Crippen LogP contribution >= 0.6 is 0 Å². The Bertz CT molecular complexity index is 2030. The Hall–Kier alpha value is -5.27.